The molecule has 0 unspecified atom stereocenters. The Bertz CT molecular complexity index is 593. The SMILES string of the molecule is O=C(NCc1ccccc1)Nc1ccccc1SC(F)F. The number of hydrogen-bond acceptors (Lipinski definition) is 2. The number of amides is 2. The molecule has 2 amide bonds. The number of carbonyl (C=O) groups is 1. The lowest BCUT2D eigenvalue weighted by atomic mass is 10.2. The van der Waals surface area contributed by atoms with Crippen LogP contribution in [0, 0.1) is 0 Å². The predicted octanol–water partition coefficient (Wildman–Crippen LogP) is 4.32. The molecule has 0 aliphatic carbocycles. The molecule has 2 N–H and O–H groups in total. The van der Waals surface area contributed by atoms with Gasteiger partial charge in [-0.15, -0.1) is 0 Å². The minimum atomic E-state index is -2.53. The highest BCUT2D eigenvalue weighted by Gasteiger charge is 2.11. The van der Waals surface area contributed by atoms with E-state index in [-0.39, 0.29) is 0 Å². The first-order valence-electron chi connectivity index (χ1n) is 6.28. The van der Waals surface area contributed by atoms with Gasteiger partial charge in [-0.05, 0) is 17.7 Å². The summed E-state index contributed by atoms with van der Waals surface area (Å²) < 4.78 is 24.9. The maximum absolute atomic E-state index is 12.4. The van der Waals surface area contributed by atoms with Crippen LogP contribution in [0.15, 0.2) is 59.5 Å². The highest BCUT2D eigenvalue weighted by molar-refractivity contribution is 7.99. The number of para-hydroxylation sites is 1. The maximum Gasteiger partial charge on any atom is 0.319 e. The Balaban J connectivity index is 1.93. The number of alkyl halides is 2. The summed E-state index contributed by atoms with van der Waals surface area (Å²) in [6.45, 7) is 0.372. The van der Waals surface area contributed by atoms with Crippen LogP contribution in [0.4, 0.5) is 19.3 Å². The zero-order valence-corrected chi connectivity index (χ0v) is 11.9. The van der Waals surface area contributed by atoms with Gasteiger partial charge in [0.05, 0.1) is 5.69 Å². The fraction of sp³-hybridized carbons (Fsp3) is 0.133. The molecule has 0 fully saturated rings. The minimum Gasteiger partial charge on any atom is -0.334 e. The van der Waals surface area contributed by atoms with E-state index in [2.05, 4.69) is 10.6 Å². The molecule has 0 bridgehead atoms. The average Bonchev–Trinajstić information content (AvgIpc) is 2.48. The van der Waals surface area contributed by atoms with Gasteiger partial charge in [-0.25, -0.2) is 4.79 Å². The molecule has 3 nitrogen and oxygen atoms in total. The Hall–Kier alpha value is -2.08. The summed E-state index contributed by atoms with van der Waals surface area (Å²) in [5, 5.41) is 5.26. The van der Waals surface area contributed by atoms with Crippen LogP contribution in [-0.4, -0.2) is 11.8 Å². The molecule has 6 heteroatoms. The third kappa shape index (κ3) is 5.07. The van der Waals surface area contributed by atoms with E-state index in [0.717, 1.165) is 5.56 Å². The largest absolute Gasteiger partial charge is 0.334 e. The van der Waals surface area contributed by atoms with E-state index < -0.39 is 11.8 Å². The lowest BCUT2D eigenvalue weighted by Crippen LogP contribution is -2.28. The monoisotopic (exact) mass is 308 g/mol. The van der Waals surface area contributed by atoms with E-state index in [1.54, 1.807) is 24.3 Å². The first-order valence-corrected chi connectivity index (χ1v) is 7.16. The standard InChI is InChI=1S/C15H14F2N2OS/c16-14(17)21-13-9-5-4-8-12(13)19-15(20)18-10-11-6-2-1-3-7-11/h1-9,14H,10H2,(H2,18,19,20). The Morgan fingerprint density at radius 2 is 1.71 bits per heavy atom. The van der Waals surface area contributed by atoms with Gasteiger partial charge < -0.3 is 10.6 Å². The Labute approximate surface area is 125 Å². The minimum absolute atomic E-state index is 0.336. The van der Waals surface area contributed by atoms with Gasteiger partial charge >= 0.3 is 6.03 Å². The smallest absolute Gasteiger partial charge is 0.319 e. The summed E-state index contributed by atoms with van der Waals surface area (Å²) in [4.78, 5) is 12.1. The highest BCUT2D eigenvalue weighted by atomic mass is 32.2. The molecule has 0 aliphatic heterocycles. The van der Waals surface area contributed by atoms with E-state index in [4.69, 9.17) is 0 Å². The first-order chi connectivity index (χ1) is 10.1. The molecular formula is C15H14F2N2OS. The van der Waals surface area contributed by atoms with Gasteiger partial charge in [0.25, 0.3) is 5.76 Å². The zero-order chi connectivity index (χ0) is 15.1. The van der Waals surface area contributed by atoms with Crippen LogP contribution < -0.4 is 10.6 Å². The number of urea groups is 1. The summed E-state index contributed by atoms with van der Waals surface area (Å²) in [5.41, 5.74) is 1.33. The summed E-state index contributed by atoms with van der Waals surface area (Å²) in [6, 6.07) is 15.5. The zero-order valence-electron chi connectivity index (χ0n) is 11.1. The van der Waals surface area contributed by atoms with E-state index in [9.17, 15) is 13.6 Å². The van der Waals surface area contributed by atoms with Crippen LogP contribution >= 0.6 is 11.8 Å². The Morgan fingerprint density at radius 1 is 1.05 bits per heavy atom. The first kappa shape index (κ1) is 15.3. The van der Waals surface area contributed by atoms with Crippen molar-refractivity contribution in [1.82, 2.24) is 5.32 Å². The van der Waals surface area contributed by atoms with E-state index >= 15 is 0 Å². The summed E-state index contributed by atoms with van der Waals surface area (Å²) in [7, 11) is 0. The summed E-state index contributed by atoms with van der Waals surface area (Å²) in [6.07, 6.45) is 0. The molecule has 2 aromatic carbocycles. The van der Waals surface area contributed by atoms with Crippen LogP contribution in [0.3, 0.4) is 0 Å². The second-order valence-corrected chi connectivity index (χ2v) is 5.20. The van der Waals surface area contributed by atoms with Crippen molar-refractivity contribution < 1.29 is 13.6 Å². The fourth-order valence-corrected chi connectivity index (χ4v) is 2.31. The highest BCUT2D eigenvalue weighted by Crippen LogP contribution is 2.31. The van der Waals surface area contributed by atoms with Gasteiger partial charge in [0.1, 0.15) is 0 Å². The Morgan fingerprint density at radius 3 is 2.43 bits per heavy atom. The summed E-state index contributed by atoms with van der Waals surface area (Å²) in [5.74, 6) is -2.53. The van der Waals surface area contributed by atoms with Crippen molar-refractivity contribution in [3.63, 3.8) is 0 Å². The van der Waals surface area contributed by atoms with Crippen molar-refractivity contribution in [2.45, 2.75) is 17.2 Å². The molecule has 0 atom stereocenters. The predicted molar refractivity (Wildman–Crippen MR) is 80.6 cm³/mol. The molecule has 2 aromatic rings. The molecule has 0 saturated carbocycles. The van der Waals surface area contributed by atoms with E-state index in [1.165, 1.54) is 0 Å². The van der Waals surface area contributed by atoms with Crippen molar-refractivity contribution >= 4 is 23.5 Å². The van der Waals surface area contributed by atoms with Gasteiger partial charge in [0.2, 0.25) is 0 Å². The maximum atomic E-state index is 12.4. The normalized spacial score (nSPS) is 10.4. The molecule has 21 heavy (non-hydrogen) atoms. The van der Waals surface area contributed by atoms with Gasteiger partial charge in [-0.2, -0.15) is 8.78 Å². The average molecular weight is 308 g/mol. The van der Waals surface area contributed by atoms with Gasteiger partial charge in [-0.3, -0.25) is 0 Å². The lowest BCUT2D eigenvalue weighted by Gasteiger charge is -2.11. The van der Waals surface area contributed by atoms with E-state index in [1.807, 2.05) is 30.3 Å². The van der Waals surface area contributed by atoms with Crippen molar-refractivity contribution in [1.29, 1.82) is 0 Å². The van der Waals surface area contributed by atoms with Crippen LogP contribution in [0.2, 0.25) is 0 Å². The number of thioether (sulfide) groups is 1. The van der Waals surface area contributed by atoms with Gasteiger partial charge in [0.15, 0.2) is 0 Å². The molecule has 0 heterocycles. The van der Waals surface area contributed by atoms with Crippen molar-refractivity contribution in [2.75, 3.05) is 5.32 Å². The number of hydrogen-bond donors (Lipinski definition) is 2. The number of benzene rings is 2. The molecule has 0 aliphatic rings. The second kappa shape index (κ2) is 7.64. The fourth-order valence-electron chi connectivity index (χ4n) is 1.71. The van der Waals surface area contributed by atoms with Crippen LogP contribution in [-0.2, 0) is 6.54 Å². The quantitative estimate of drug-likeness (QED) is 0.808. The molecule has 0 aromatic heterocycles. The molecule has 0 saturated heterocycles. The van der Waals surface area contributed by atoms with Crippen LogP contribution in [0.25, 0.3) is 0 Å². The van der Waals surface area contributed by atoms with E-state index in [0.29, 0.717) is 28.9 Å². The third-order valence-corrected chi connectivity index (χ3v) is 3.44. The number of nitrogens with one attached hydrogen (secondary N) is 2. The van der Waals surface area contributed by atoms with Crippen LogP contribution in [0.1, 0.15) is 5.56 Å². The van der Waals surface area contributed by atoms with Crippen molar-refractivity contribution in [2.24, 2.45) is 0 Å². The van der Waals surface area contributed by atoms with Crippen molar-refractivity contribution in [3.8, 4) is 0 Å². The molecule has 110 valence electrons. The van der Waals surface area contributed by atoms with Gasteiger partial charge in [0, 0.05) is 11.4 Å². The summed E-state index contributed by atoms with van der Waals surface area (Å²) >= 11 is 0.406. The molecular weight excluding hydrogens is 294 g/mol. The number of anilines is 1. The molecule has 0 spiro atoms. The molecule has 2 rings (SSSR count). The number of halogens is 2. The van der Waals surface area contributed by atoms with Gasteiger partial charge in [-0.1, -0.05) is 54.2 Å². The molecule has 0 radical (unpaired) electrons. The van der Waals surface area contributed by atoms with Crippen molar-refractivity contribution in [3.05, 3.63) is 60.2 Å². The second-order valence-electron chi connectivity index (χ2n) is 4.17. The topological polar surface area (TPSA) is 41.1 Å². The number of rotatable bonds is 5. The Kier molecular flexibility index (Phi) is 5.57. The lowest BCUT2D eigenvalue weighted by molar-refractivity contribution is 0.250. The van der Waals surface area contributed by atoms with Crippen LogP contribution in [0.5, 0.6) is 0 Å². The number of carbonyl (C=O) groups excluding carboxylic acids is 1. The third-order valence-electron chi connectivity index (χ3n) is 2.65.